The Labute approximate surface area is 107 Å². The fourth-order valence-corrected chi connectivity index (χ4v) is 3.14. The van der Waals surface area contributed by atoms with E-state index in [0.717, 1.165) is 19.4 Å². The number of rotatable bonds is 0. The van der Waals surface area contributed by atoms with Crippen molar-refractivity contribution in [2.75, 3.05) is 0 Å². The van der Waals surface area contributed by atoms with E-state index in [4.69, 9.17) is 10.8 Å². The Morgan fingerprint density at radius 2 is 2.22 bits per heavy atom. The van der Waals surface area contributed by atoms with Crippen molar-refractivity contribution >= 4 is 6.03 Å². The minimum Gasteiger partial charge on any atom is -0.351 e. The Morgan fingerprint density at radius 1 is 1.39 bits per heavy atom. The van der Waals surface area contributed by atoms with Gasteiger partial charge in [0.15, 0.2) is 0 Å². The monoisotopic (exact) mass is 248 g/mol. The second-order valence-electron chi connectivity index (χ2n) is 5.43. The summed E-state index contributed by atoms with van der Waals surface area (Å²) in [5.74, 6) is 0. The number of hydrogen-bond acceptors (Lipinski definition) is 2. The summed E-state index contributed by atoms with van der Waals surface area (Å²) in [5, 5.41) is 4.73. The number of carbonyl (C=O) groups excluding carboxylic acids is 1. The number of nitrogens with zero attached hydrogens (tertiary/aromatic N) is 3. The molecule has 0 aromatic carbocycles. The lowest BCUT2D eigenvalue weighted by molar-refractivity contribution is 0.177. The Kier molecular flexibility index (Phi) is 2.76. The van der Waals surface area contributed by atoms with Crippen LogP contribution in [-0.2, 0) is 25.9 Å². The average molecular weight is 248 g/mol. The number of hydrogen-bond donors (Lipinski definition) is 1. The van der Waals surface area contributed by atoms with E-state index < -0.39 is 0 Å². The van der Waals surface area contributed by atoms with Crippen LogP contribution in [0.1, 0.15) is 43.1 Å². The highest BCUT2D eigenvalue weighted by Gasteiger charge is 2.30. The Morgan fingerprint density at radius 3 is 3.00 bits per heavy atom. The van der Waals surface area contributed by atoms with Crippen molar-refractivity contribution in [2.45, 2.75) is 58.2 Å². The molecule has 0 fully saturated rings. The minimum absolute atomic E-state index is 0.161. The maximum Gasteiger partial charge on any atom is 0.315 e. The van der Waals surface area contributed by atoms with Crippen molar-refractivity contribution in [2.24, 2.45) is 5.73 Å². The van der Waals surface area contributed by atoms with Gasteiger partial charge in [-0.3, -0.25) is 4.68 Å². The third-order valence-electron chi connectivity index (χ3n) is 4.17. The first-order valence-electron chi connectivity index (χ1n) is 6.80. The summed E-state index contributed by atoms with van der Waals surface area (Å²) in [6, 6.07) is -0.157. The molecule has 1 aromatic rings. The maximum atomic E-state index is 11.5. The van der Waals surface area contributed by atoms with Crippen molar-refractivity contribution < 1.29 is 4.79 Å². The fraction of sp³-hybridized carbons (Fsp3) is 0.692. The molecule has 0 aliphatic carbocycles. The van der Waals surface area contributed by atoms with E-state index in [1.54, 1.807) is 4.90 Å². The SMILES string of the molecule is CC1Cc2nn3c(c2CN1C(N)=O)CCCCC3. The van der Waals surface area contributed by atoms with Gasteiger partial charge in [0.25, 0.3) is 0 Å². The first kappa shape index (κ1) is 11.6. The topological polar surface area (TPSA) is 64.2 Å². The summed E-state index contributed by atoms with van der Waals surface area (Å²) >= 11 is 0. The van der Waals surface area contributed by atoms with Crippen LogP contribution in [0.5, 0.6) is 0 Å². The summed E-state index contributed by atoms with van der Waals surface area (Å²) in [6.07, 6.45) is 5.63. The van der Waals surface area contributed by atoms with Gasteiger partial charge in [-0.1, -0.05) is 6.42 Å². The molecule has 5 nitrogen and oxygen atoms in total. The molecule has 0 bridgehead atoms. The van der Waals surface area contributed by atoms with Gasteiger partial charge in [0, 0.05) is 30.3 Å². The molecular weight excluding hydrogens is 228 g/mol. The number of amides is 2. The molecule has 1 atom stereocenters. The van der Waals surface area contributed by atoms with E-state index in [1.165, 1.54) is 36.2 Å². The molecular formula is C13H20N4O. The van der Waals surface area contributed by atoms with Crippen LogP contribution in [0, 0.1) is 0 Å². The maximum absolute atomic E-state index is 11.5. The summed E-state index contributed by atoms with van der Waals surface area (Å²) in [5.41, 5.74) is 9.22. The van der Waals surface area contributed by atoms with Gasteiger partial charge in [-0.25, -0.2) is 4.79 Å². The van der Waals surface area contributed by atoms with Gasteiger partial charge in [-0.15, -0.1) is 0 Å². The van der Waals surface area contributed by atoms with E-state index in [1.807, 2.05) is 6.92 Å². The summed E-state index contributed by atoms with van der Waals surface area (Å²) < 4.78 is 2.16. The molecule has 0 radical (unpaired) electrons. The Hall–Kier alpha value is -1.52. The minimum atomic E-state index is -0.318. The highest BCUT2D eigenvalue weighted by molar-refractivity contribution is 5.72. The van der Waals surface area contributed by atoms with Crippen LogP contribution in [0.3, 0.4) is 0 Å². The lowest BCUT2D eigenvalue weighted by Crippen LogP contribution is -2.45. The average Bonchev–Trinajstić information content (AvgIpc) is 2.50. The van der Waals surface area contributed by atoms with Crippen LogP contribution < -0.4 is 5.73 Å². The third-order valence-corrected chi connectivity index (χ3v) is 4.17. The lowest BCUT2D eigenvalue weighted by Gasteiger charge is -2.31. The molecule has 18 heavy (non-hydrogen) atoms. The van der Waals surface area contributed by atoms with Crippen molar-refractivity contribution in [1.82, 2.24) is 14.7 Å². The van der Waals surface area contributed by atoms with Crippen LogP contribution in [0.4, 0.5) is 4.79 Å². The van der Waals surface area contributed by atoms with Crippen LogP contribution in [0.15, 0.2) is 0 Å². The summed E-state index contributed by atoms with van der Waals surface area (Å²) in [4.78, 5) is 13.2. The van der Waals surface area contributed by atoms with E-state index in [-0.39, 0.29) is 12.1 Å². The number of fused-ring (bicyclic) bond motifs is 3. The molecule has 1 unspecified atom stereocenters. The molecule has 2 aliphatic heterocycles. The standard InChI is InChI=1S/C13H20N4O/c1-9-7-11-10(8-16(9)13(14)18)12-5-3-2-4-6-17(12)15-11/h9H,2-8H2,1H3,(H2,14,18). The van der Waals surface area contributed by atoms with Crippen molar-refractivity contribution in [3.63, 3.8) is 0 Å². The van der Waals surface area contributed by atoms with Crippen molar-refractivity contribution in [1.29, 1.82) is 0 Å². The van der Waals surface area contributed by atoms with Gasteiger partial charge in [0.1, 0.15) is 0 Å². The Balaban J connectivity index is 1.98. The largest absolute Gasteiger partial charge is 0.351 e. The van der Waals surface area contributed by atoms with Gasteiger partial charge in [-0.2, -0.15) is 5.10 Å². The zero-order valence-corrected chi connectivity index (χ0v) is 10.9. The normalized spacial score (nSPS) is 23.2. The third kappa shape index (κ3) is 1.78. The highest BCUT2D eigenvalue weighted by atomic mass is 16.2. The van der Waals surface area contributed by atoms with Crippen LogP contribution in [0.25, 0.3) is 0 Å². The second kappa shape index (κ2) is 4.30. The first-order chi connectivity index (χ1) is 8.66. The second-order valence-corrected chi connectivity index (χ2v) is 5.43. The molecule has 1 aromatic heterocycles. The van der Waals surface area contributed by atoms with Crippen LogP contribution in [-0.4, -0.2) is 26.8 Å². The summed E-state index contributed by atoms with van der Waals surface area (Å²) in [7, 11) is 0. The van der Waals surface area contributed by atoms with Crippen molar-refractivity contribution in [3.05, 3.63) is 17.0 Å². The van der Waals surface area contributed by atoms with E-state index in [9.17, 15) is 4.79 Å². The lowest BCUT2D eigenvalue weighted by atomic mass is 9.98. The number of nitrogens with two attached hydrogens (primary N) is 1. The summed E-state index contributed by atoms with van der Waals surface area (Å²) in [6.45, 7) is 3.70. The van der Waals surface area contributed by atoms with E-state index in [0.29, 0.717) is 6.54 Å². The smallest absolute Gasteiger partial charge is 0.315 e. The number of primary amides is 1. The number of aryl methyl sites for hydroxylation is 1. The molecule has 3 heterocycles. The predicted octanol–water partition coefficient (Wildman–Crippen LogP) is 1.43. The molecule has 5 heteroatoms. The van der Waals surface area contributed by atoms with E-state index in [2.05, 4.69) is 4.68 Å². The zero-order chi connectivity index (χ0) is 12.7. The fourth-order valence-electron chi connectivity index (χ4n) is 3.14. The van der Waals surface area contributed by atoms with Gasteiger partial charge >= 0.3 is 6.03 Å². The van der Waals surface area contributed by atoms with Gasteiger partial charge in [0.05, 0.1) is 12.2 Å². The van der Waals surface area contributed by atoms with Crippen LogP contribution >= 0.6 is 0 Å². The van der Waals surface area contributed by atoms with Gasteiger partial charge < -0.3 is 10.6 Å². The molecule has 3 rings (SSSR count). The van der Waals surface area contributed by atoms with Crippen LogP contribution in [0.2, 0.25) is 0 Å². The number of urea groups is 1. The number of aromatic nitrogens is 2. The predicted molar refractivity (Wildman–Crippen MR) is 68.1 cm³/mol. The van der Waals surface area contributed by atoms with E-state index >= 15 is 0 Å². The first-order valence-corrected chi connectivity index (χ1v) is 6.80. The molecule has 0 saturated heterocycles. The highest BCUT2D eigenvalue weighted by Crippen LogP contribution is 2.28. The van der Waals surface area contributed by atoms with Gasteiger partial charge in [0.2, 0.25) is 0 Å². The molecule has 2 amide bonds. The molecule has 2 N–H and O–H groups in total. The quantitative estimate of drug-likeness (QED) is 0.755. The zero-order valence-electron chi connectivity index (χ0n) is 10.9. The van der Waals surface area contributed by atoms with Crippen molar-refractivity contribution in [3.8, 4) is 0 Å². The molecule has 0 saturated carbocycles. The molecule has 0 spiro atoms. The van der Waals surface area contributed by atoms with Gasteiger partial charge in [-0.05, 0) is 26.2 Å². The molecule has 98 valence electrons. The Bertz CT molecular complexity index is 480. The number of carbonyl (C=O) groups is 1. The molecule has 2 aliphatic rings.